The molecule has 0 spiro atoms. The van der Waals surface area contributed by atoms with Crippen LogP contribution in [-0.4, -0.2) is 15.3 Å². The third-order valence-corrected chi connectivity index (χ3v) is 5.69. The van der Waals surface area contributed by atoms with Gasteiger partial charge in [-0.25, -0.2) is 4.98 Å². The van der Waals surface area contributed by atoms with E-state index in [-0.39, 0.29) is 5.91 Å². The highest BCUT2D eigenvalue weighted by Gasteiger charge is 2.16. The lowest BCUT2D eigenvalue weighted by atomic mass is 10.1. The standard InChI is InChI=1S/C22H21N3OS/c1-14-4-7-17(8-5-14)20-18(25-13-15(2)6-9-19(25)24-20)12-23-22(26)21-16(3)10-11-27-21/h4-11,13H,12H2,1-3H3,(H,23,26). The topological polar surface area (TPSA) is 46.4 Å². The van der Waals surface area contributed by atoms with E-state index in [0.717, 1.165) is 38.6 Å². The predicted molar refractivity (Wildman–Crippen MR) is 110 cm³/mol. The number of aryl methyl sites for hydroxylation is 3. The molecule has 0 bridgehead atoms. The minimum absolute atomic E-state index is 0.0417. The molecule has 1 N–H and O–H groups in total. The van der Waals surface area contributed by atoms with E-state index in [1.54, 1.807) is 0 Å². The Balaban J connectivity index is 1.74. The van der Waals surface area contributed by atoms with Crippen molar-refractivity contribution < 1.29 is 4.79 Å². The molecule has 136 valence electrons. The molecule has 27 heavy (non-hydrogen) atoms. The van der Waals surface area contributed by atoms with E-state index in [9.17, 15) is 4.79 Å². The molecule has 0 aliphatic rings. The van der Waals surface area contributed by atoms with Crippen molar-refractivity contribution in [3.63, 3.8) is 0 Å². The minimum atomic E-state index is -0.0417. The van der Waals surface area contributed by atoms with Gasteiger partial charge in [0.25, 0.3) is 5.91 Å². The molecular weight excluding hydrogens is 354 g/mol. The smallest absolute Gasteiger partial charge is 0.261 e. The number of hydrogen-bond donors (Lipinski definition) is 1. The van der Waals surface area contributed by atoms with Gasteiger partial charge in [0.05, 0.1) is 22.8 Å². The van der Waals surface area contributed by atoms with Crippen LogP contribution in [0.25, 0.3) is 16.9 Å². The number of fused-ring (bicyclic) bond motifs is 1. The van der Waals surface area contributed by atoms with Crippen molar-refractivity contribution in [2.75, 3.05) is 0 Å². The Labute approximate surface area is 162 Å². The molecule has 3 heterocycles. The second kappa shape index (κ2) is 7.00. The normalized spacial score (nSPS) is 11.1. The van der Waals surface area contributed by atoms with Crippen LogP contribution in [0.2, 0.25) is 0 Å². The highest BCUT2D eigenvalue weighted by molar-refractivity contribution is 7.12. The Bertz CT molecular complexity index is 1120. The summed E-state index contributed by atoms with van der Waals surface area (Å²) in [4.78, 5) is 18.2. The molecule has 0 atom stereocenters. The molecule has 0 saturated carbocycles. The first-order valence-electron chi connectivity index (χ1n) is 8.90. The largest absolute Gasteiger partial charge is 0.346 e. The SMILES string of the molecule is Cc1ccc(-c2nc3ccc(C)cn3c2CNC(=O)c2sccc2C)cc1. The van der Waals surface area contributed by atoms with Crippen molar-refractivity contribution in [2.24, 2.45) is 0 Å². The van der Waals surface area contributed by atoms with Crippen molar-refractivity contribution in [3.8, 4) is 11.3 Å². The van der Waals surface area contributed by atoms with Crippen LogP contribution in [-0.2, 0) is 6.54 Å². The van der Waals surface area contributed by atoms with Crippen molar-refractivity contribution in [3.05, 3.63) is 81.3 Å². The summed E-state index contributed by atoms with van der Waals surface area (Å²) in [6.07, 6.45) is 2.07. The number of rotatable bonds is 4. The van der Waals surface area contributed by atoms with Crippen LogP contribution in [0.3, 0.4) is 0 Å². The van der Waals surface area contributed by atoms with Gasteiger partial charge >= 0.3 is 0 Å². The summed E-state index contributed by atoms with van der Waals surface area (Å²) < 4.78 is 2.08. The maximum Gasteiger partial charge on any atom is 0.261 e. The van der Waals surface area contributed by atoms with Crippen LogP contribution in [0.4, 0.5) is 0 Å². The predicted octanol–water partition coefficient (Wildman–Crippen LogP) is 4.92. The van der Waals surface area contributed by atoms with Gasteiger partial charge in [-0.1, -0.05) is 35.9 Å². The second-order valence-electron chi connectivity index (χ2n) is 6.82. The van der Waals surface area contributed by atoms with Crippen LogP contribution in [0, 0.1) is 20.8 Å². The summed E-state index contributed by atoms with van der Waals surface area (Å²) in [5.74, 6) is -0.0417. The molecule has 0 aliphatic carbocycles. The van der Waals surface area contributed by atoms with Crippen molar-refractivity contribution in [2.45, 2.75) is 27.3 Å². The lowest BCUT2D eigenvalue weighted by molar-refractivity contribution is 0.0954. The average molecular weight is 375 g/mol. The molecule has 4 aromatic rings. The van der Waals surface area contributed by atoms with Gasteiger partial charge in [-0.05, 0) is 49.4 Å². The van der Waals surface area contributed by atoms with Crippen LogP contribution >= 0.6 is 11.3 Å². The lowest BCUT2D eigenvalue weighted by Gasteiger charge is -2.08. The van der Waals surface area contributed by atoms with Gasteiger partial charge in [0, 0.05) is 11.8 Å². The molecule has 1 amide bonds. The molecule has 4 nitrogen and oxygen atoms in total. The summed E-state index contributed by atoms with van der Waals surface area (Å²) in [6.45, 7) is 6.51. The number of carbonyl (C=O) groups excluding carboxylic acids is 1. The van der Waals surface area contributed by atoms with Gasteiger partial charge < -0.3 is 9.72 Å². The fraction of sp³-hybridized carbons (Fsp3) is 0.182. The molecule has 1 aromatic carbocycles. The van der Waals surface area contributed by atoms with Crippen molar-refractivity contribution in [1.29, 1.82) is 0 Å². The molecule has 0 aliphatic heterocycles. The molecule has 0 fully saturated rings. The molecule has 0 radical (unpaired) electrons. The first kappa shape index (κ1) is 17.5. The highest BCUT2D eigenvalue weighted by atomic mass is 32.1. The number of imidazole rings is 1. The van der Waals surface area contributed by atoms with E-state index in [0.29, 0.717) is 6.54 Å². The molecule has 0 saturated heterocycles. The zero-order chi connectivity index (χ0) is 19.0. The van der Waals surface area contributed by atoms with Gasteiger partial charge in [0.1, 0.15) is 5.65 Å². The van der Waals surface area contributed by atoms with Crippen LogP contribution in [0.15, 0.2) is 54.0 Å². The Hall–Kier alpha value is -2.92. The van der Waals surface area contributed by atoms with Gasteiger partial charge in [-0.15, -0.1) is 11.3 Å². The van der Waals surface area contributed by atoms with Gasteiger partial charge in [0.15, 0.2) is 0 Å². The maximum absolute atomic E-state index is 12.6. The zero-order valence-electron chi connectivity index (χ0n) is 15.6. The summed E-state index contributed by atoms with van der Waals surface area (Å²) in [5, 5.41) is 5.02. The molecule has 0 unspecified atom stereocenters. The Kier molecular flexibility index (Phi) is 4.54. The van der Waals surface area contributed by atoms with Gasteiger partial charge in [-0.3, -0.25) is 4.79 Å². The second-order valence-corrected chi connectivity index (χ2v) is 7.74. The van der Waals surface area contributed by atoms with E-state index in [4.69, 9.17) is 4.98 Å². The number of hydrogen-bond acceptors (Lipinski definition) is 3. The van der Waals surface area contributed by atoms with Crippen LogP contribution in [0.5, 0.6) is 0 Å². The number of thiophene rings is 1. The third-order valence-electron chi connectivity index (χ3n) is 4.68. The average Bonchev–Trinajstić information content (AvgIpc) is 3.24. The minimum Gasteiger partial charge on any atom is -0.346 e. The van der Waals surface area contributed by atoms with Crippen molar-refractivity contribution in [1.82, 2.24) is 14.7 Å². The molecule has 4 rings (SSSR count). The van der Waals surface area contributed by atoms with Gasteiger partial charge in [-0.2, -0.15) is 0 Å². The summed E-state index contributed by atoms with van der Waals surface area (Å²) >= 11 is 1.47. The first-order valence-corrected chi connectivity index (χ1v) is 9.78. The number of pyridine rings is 1. The summed E-state index contributed by atoms with van der Waals surface area (Å²) in [5.41, 5.74) is 7.19. The fourth-order valence-electron chi connectivity index (χ4n) is 3.16. The fourth-order valence-corrected chi connectivity index (χ4v) is 4.00. The number of nitrogens with one attached hydrogen (secondary N) is 1. The van der Waals surface area contributed by atoms with Crippen molar-refractivity contribution >= 4 is 22.9 Å². The first-order chi connectivity index (χ1) is 13.0. The molecule has 5 heteroatoms. The highest BCUT2D eigenvalue weighted by Crippen LogP contribution is 2.26. The quantitative estimate of drug-likeness (QED) is 0.550. The Morgan fingerprint density at radius 3 is 2.48 bits per heavy atom. The van der Waals surface area contributed by atoms with Gasteiger partial charge in [0.2, 0.25) is 0 Å². The van der Waals surface area contributed by atoms with E-state index in [2.05, 4.69) is 60.1 Å². The van der Waals surface area contributed by atoms with E-state index < -0.39 is 0 Å². The van der Waals surface area contributed by atoms with E-state index in [1.165, 1.54) is 16.9 Å². The summed E-state index contributed by atoms with van der Waals surface area (Å²) in [6, 6.07) is 14.4. The number of amides is 1. The van der Waals surface area contributed by atoms with Crippen LogP contribution < -0.4 is 5.32 Å². The van der Waals surface area contributed by atoms with Crippen LogP contribution in [0.1, 0.15) is 32.1 Å². The number of benzene rings is 1. The summed E-state index contributed by atoms with van der Waals surface area (Å²) in [7, 11) is 0. The lowest BCUT2D eigenvalue weighted by Crippen LogP contribution is -2.23. The Morgan fingerprint density at radius 2 is 1.78 bits per heavy atom. The number of aromatic nitrogens is 2. The Morgan fingerprint density at radius 1 is 1.04 bits per heavy atom. The third kappa shape index (κ3) is 3.38. The monoisotopic (exact) mass is 375 g/mol. The van der Waals surface area contributed by atoms with E-state index in [1.807, 2.05) is 24.4 Å². The maximum atomic E-state index is 12.6. The number of carbonyl (C=O) groups is 1. The number of nitrogens with zero attached hydrogens (tertiary/aromatic N) is 2. The zero-order valence-corrected chi connectivity index (χ0v) is 16.4. The molecular formula is C22H21N3OS. The molecule has 3 aromatic heterocycles. The van der Waals surface area contributed by atoms with E-state index >= 15 is 0 Å².